The van der Waals surface area contributed by atoms with Crippen LogP contribution in [0.1, 0.15) is 21.8 Å². The van der Waals surface area contributed by atoms with Gasteiger partial charge in [-0.15, -0.1) is 10.2 Å². The summed E-state index contributed by atoms with van der Waals surface area (Å²) in [6.45, 7) is 0. The predicted octanol–water partition coefficient (Wildman–Crippen LogP) is 2.93. The Morgan fingerprint density at radius 2 is 2.10 bits per heavy atom. The minimum atomic E-state index is 0.00176. The number of hydrogen-bond donors (Lipinski definition) is 0. The van der Waals surface area contributed by atoms with Crippen molar-refractivity contribution in [3.63, 3.8) is 0 Å². The van der Waals surface area contributed by atoms with Crippen molar-refractivity contribution in [3.8, 4) is 0 Å². The number of hydrogen-bond acceptors (Lipinski definition) is 6. The molecule has 0 saturated heterocycles. The SMILES string of the molecule is CSCc1nnc(SCc2cccc(C(=O)N(C)C)c2)o1. The summed E-state index contributed by atoms with van der Waals surface area (Å²) in [4.78, 5) is 13.5. The third kappa shape index (κ3) is 4.50. The lowest BCUT2D eigenvalue weighted by molar-refractivity contribution is 0.0827. The summed E-state index contributed by atoms with van der Waals surface area (Å²) in [6.07, 6.45) is 1.99. The lowest BCUT2D eigenvalue weighted by Crippen LogP contribution is -2.21. The average Bonchev–Trinajstić information content (AvgIpc) is 2.92. The van der Waals surface area contributed by atoms with Crippen molar-refractivity contribution >= 4 is 29.4 Å². The molecule has 0 fully saturated rings. The van der Waals surface area contributed by atoms with E-state index in [4.69, 9.17) is 4.42 Å². The van der Waals surface area contributed by atoms with Crippen LogP contribution < -0.4 is 0 Å². The molecular weight excluding hydrogens is 306 g/mol. The Balaban J connectivity index is 1.99. The number of rotatable bonds is 6. The van der Waals surface area contributed by atoms with E-state index in [0.29, 0.717) is 22.4 Å². The second-order valence-electron chi connectivity index (χ2n) is 4.58. The fourth-order valence-corrected chi connectivity index (χ4v) is 2.76. The molecule has 5 nitrogen and oxygen atoms in total. The van der Waals surface area contributed by atoms with Gasteiger partial charge in [-0.2, -0.15) is 11.8 Å². The molecule has 0 atom stereocenters. The fourth-order valence-electron chi connectivity index (χ4n) is 1.68. The van der Waals surface area contributed by atoms with E-state index in [1.165, 1.54) is 11.8 Å². The van der Waals surface area contributed by atoms with Gasteiger partial charge in [0.15, 0.2) is 0 Å². The minimum Gasteiger partial charge on any atom is -0.415 e. The number of carbonyl (C=O) groups excluding carboxylic acids is 1. The first-order chi connectivity index (χ1) is 10.1. The molecule has 0 aliphatic rings. The normalized spacial score (nSPS) is 10.6. The molecule has 1 aromatic heterocycles. The second-order valence-corrected chi connectivity index (χ2v) is 6.38. The van der Waals surface area contributed by atoms with Crippen molar-refractivity contribution in [3.05, 3.63) is 41.3 Å². The maximum absolute atomic E-state index is 11.9. The molecule has 21 heavy (non-hydrogen) atoms. The summed E-state index contributed by atoms with van der Waals surface area (Å²) in [5.74, 6) is 2.05. The highest BCUT2D eigenvalue weighted by molar-refractivity contribution is 7.98. The van der Waals surface area contributed by atoms with Gasteiger partial charge < -0.3 is 9.32 Å². The van der Waals surface area contributed by atoms with Gasteiger partial charge in [-0.3, -0.25) is 4.79 Å². The Hall–Kier alpha value is -1.47. The highest BCUT2D eigenvalue weighted by Crippen LogP contribution is 2.23. The molecule has 0 spiro atoms. The first kappa shape index (κ1) is 15.9. The number of aromatic nitrogens is 2. The maximum Gasteiger partial charge on any atom is 0.276 e. The van der Waals surface area contributed by atoms with Gasteiger partial charge in [-0.1, -0.05) is 23.9 Å². The van der Waals surface area contributed by atoms with Crippen molar-refractivity contribution in [2.75, 3.05) is 20.4 Å². The van der Waals surface area contributed by atoms with Crippen LogP contribution in [0.3, 0.4) is 0 Å². The summed E-state index contributed by atoms with van der Waals surface area (Å²) in [6, 6.07) is 7.59. The molecule has 112 valence electrons. The zero-order chi connectivity index (χ0) is 15.2. The molecule has 0 bridgehead atoms. The molecule has 2 rings (SSSR count). The Labute approximate surface area is 132 Å². The van der Waals surface area contributed by atoms with E-state index in [1.807, 2.05) is 30.5 Å². The predicted molar refractivity (Wildman–Crippen MR) is 85.5 cm³/mol. The van der Waals surface area contributed by atoms with Crippen molar-refractivity contribution in [1.82, 2.24) is 15.1 Å². The smallest absolute Gasteiger partial charge is 0.276 e. The molecule has 1 heterocycles. The third-order valence-electron chi connectivity index (χ3n) is 2.66. The van der Waals surface area contributed by atoms with Gasteiger partial charge in [0.05, 0.1) is 5.75 Å². The van der Waals surface area contributed by atoms with Gasteiger partial charge >= 0.3 is 0 Å². The first-order valence-corrected chi connectivity index (χ1v) is 8.73. The van der Waals surface area contributed by atoms with E-state index in [1.54, 1.807) is 30.8 Å². The zero-order valence-corrected chi connectivity index (χ0v) is 13.8. The summed E-state index contributed by atoms with van der Waals surface area (Å²) in [5.41, 5.74) is 1.74. The van der Waals surface area contributed by atoms with E-state index in [2.05, 4.69) is 10.2 Å². The maximum atomic E-state index is 11.9. The molecule has 7 heteroatoms. The van der Waals surface area contributed by atoms with Gasteiger partial charge in [0.2, 0.25) is 5.89 Å². The molecule has 0 aliphatic carbocycles. The molecule has 0 unspecified atom stereocenters. The van der Waals surface area contributed by atoms with Crippen molar-refractivity contribution in [2.24, 2.45) is 0 Å². The number of nitrogens with zero attached hydrogens (tertiary/aromatic N) is 3. The van der Waals surface area contributed by atoms with Crippen molar-refractivity contribution in [1.29, 1.82) is 0 Å². The number of thioether (sulfide) groups is 2. The number of amides is 1. The summed E-state index contributed by atoms with van der Waals surface area (Å²) in [5, 5.41) is 8.52. The van der Waals surface area contributed by atoms with E-state index in [-0.39, 0.29) is 5.91 Å². The molecule has 2 aromatic rings. The molecule has 0 aliphatic heterocycles. The van der Waals surface area contributed by atoms with Gasteiger partial charge in [0.25, 0.3) is 11.1 Å². The standard InChI is InChI=1S/C14H17N3O2S2/c1-17(2)13(18)11-6-4-5-10(7-11)8-21-14-16-15-12(19-14)9-20-3/h4-7H,8-9H2,1-3H3. The van der Waals surface area contributed by atoms with Crippen LogP contribution >= 0.6 is 23.5 Å². The van der Waals surface area contributed by atoms with Crippen LogP contribution in [0.2, 0.25) is 0 Å². The molecule has 1 amide bonds. The lowest BCUT2D eigenvalue weighted by Gasteiger charge is -2.10. The topological polar surface area (TPSA) is 59.2 Å². The van der Waals surface area contributed by atoms with Crippen molar-refractivity contribution < 1.29 is 9.21 Å². The highest BCUT2D eigenvalue weighted by Gasteiger charge is 2.10. The summed E-state index contributed by atoms with van der Waals surface area (Å²) >= 11 is 3.12. The Morgan fingerprint density at radius 3 is 2.81 bits per heavy atom. The van der Waals surface area contributed by atoms with Crippen LogP contribution in [-0.4, -0.2) is 41.4 Å². The third-order valence-corrected chi connectivity index (χ3v) is 4.08. The second kappa shape index (κ2) is 7.51. The van der Waals surface area contributed by atoms with E-state index >= 15 is 0 Å². The van der Waals surface area contributed by atoms with Gasteiger partial charge in [-0.05, 0) is 24.0 Å². The van der Waals surface area contributed by atoms with Crippen LogP contribution in [-0.2, 0) is 11.5 Å². The van der Waals surface area contributed by atoms with E-state index in [9.17, 15) is 4.79 Å². The summed E-state index contributed by atoms with van der Waals surface area (Å²) in [7, 11) is 3.49. The van der Waals surface area contributed by atoms with Gasteiger partial charge in [-0.25, -0.2) is 0 Å². The zero-order valence-electron chi connectivity index (χ0n) is 12.2. The molecule has 0 saturated carbocycles. The Morgan fingerprint density at radius 1 is 1.29 bits per heavy atom. The van der Waals surface area contributed by atoms with Gasteiger partial charge in [0.1, 0.15) is 0 Å². The van der Waals surface area contributed by atoms with Crippen LogP contribution in [0.25, 0.3) is 0 Å². The summed E-state index contributed by atoms with van der Waals surface area (Å²) < 4.78 is 5.51. The van der Waals surface area contributed by atoms with Crippen molar-refractivity contribution in [2.45, 2.75) is 16.7 Å². The van der Waals surface area contributed by atoms with Gasteiger partial charge in [0, 0.05) is 25.4 Å². The van der Waals surface area contributed by atoms with Crippen LogP contribution in [0.5, 0.6) is 0 Å². The molecule has 0 radical (unpaired) electrons. The minimum absolute atomic E-state index is 0.00176. The lowest BCUT2D eigenvalue weighted by atomic mass is 10.1. The van der Waals surface area contributed by atoms with Crippen LogP contribution in [0.4, 0.5) is 0 Å². The Kier molecular flexibility index (Phi) is 5.69. The quantitative estimate of drug-likeness (QED) is 0.762. The number of carbonyl (C=O) groups is 1. The average molecular weight is 323 g/mol. The van der Waals surface area contributed by atoms with E-state index < -0.39 is 0 Å². The largest absolute Gasteiger partial charge is 0.415 e. The monoisotopic (exact) mass is 323 g/mol. The van der Waals surface area contributed by atoms with Crippen LogP contribution in [0.15, 0.2) is 33.9 Å². The first-order valence-electron chi connectivity index (χ1n) is 6.35. The van der Waals surface area contributed by atoms with E-state index in [0.717, 1.165) is 11.3 Å². The van der Waals surface area contributed by atoms with Crippen LogP contribution in [0, 0.1) is 0 Å². The molecular formula is C14H17N3O2S2. The highest BCUT2D eigenvalue weighted by atomic mass is 32.2. The Bertz CT molecular complexity index is 614. The molecule has 1 aromatic carbocycles. The fraction of sp³-hybridized carbons (Fsp3) is 0.357. The molecule has 0 N–H and O–H groups in total. The number of benzene rings is 1.